The summed E-state index contributed by atoms with van der Waals surface area (Å²) in [5.41, 5.74) is 1.75. The number of halogens is 2. The molecule has 2 aliphatic heterocycles. The molecule has 2 heterocycles. The van der Waals surface area contributed by atoms with Crippen LogP contribution in [0, 0.1) is 11.8 Å². The molecule has 0 atom stereocenters. The van der Waals surface area contributed by atoms with Crippen molar-refractivity contribution in [2.24, 2.45) is 11.8 Å². The lowest BCUT2D eigenvalue weighted by Crippen LogP contribution is -3.00. The molecule has 0 spiro atoms. The van der Waals surface area contributed by atoms with Gasteiger partial charge in [0.1, 0.15) is 13.1 Å². The van der Waals surface area contributed by atoms with Crippen molar-refractivity contribution in [1.82, 2.24) is 0 Å². The first-order chi connectivity index (χ1) is 5.38. The fourth-order valence-corrected chi connectivity index (χ4v) is 2.57. The third kappa shape index (κ3) is 2.14. The minimum Gasteiger partial charge on any atom is -1.00 e. The molecule has 3 aliphatic rings. The van der Waals surface area contributed by atoms with Crippen molar-refractivity contribution in [3.63, 3.8) is 0 Å². The molecule has 2 saturated heterocycles. The molecule has 70 valence electrons. The van der Waals surface area contributed by atoms with Gasteiger partial charge in [-0.2, -0.15) is 0 Å². The van der Waals surface area contributed by atoms with Crippen molar-refractivity contribution in [3.8, 4) is 0 Å². The van der Waals surface area contributed by atoms with Crippen LogP contribution in [0.5, 0.6) is 0 Å². The summed E-state index contributed by atoms with van der Waals surface area (Å²) in [5.74, 6) is 1.87. The molecule has 1 aliphatic carbocycles. The Kier molecular flexibility index (Phi) is 3.85. The van der Waals surface area contributed by atoms with Crippen LogP contribution < -0.4 is 12.4 Å². The van der Waals surface area contributed by atoms with Crippen LogP contribution >= 0.6 is 11.6 Å². The van der Waals surface area contributed by atoms with Crippen LogP contribution in [0.25, 0.3) is 0 Å². The van der Waals surface area contributed by atoms with E-state index in [0.29, 0.717) is 0 Å². The summed E-state index contributed by atoms with van der Waals surface area (Å²) in [6.07, 6.45) is 5.75. The van der Waals surface area contributed by atoms with Crippen molar-refractivity contribution in [1.29, 1.82) is 0 Å². The maximum Gasteiger partial charge on any atom is 0.232 e. The van der Waals surface area contributed by atoms with Crippen molar-refractivity contribution in [3.05, 3.63) is 0 Å². The number of hydrogen-bond acceptors (Lipinski definition) is 0. The molecule has 1 nitrogen and oxygen atoms in total. The largest absolute Gasteiger partial charge is 1.00 e. The Balaban J connectivity index is 0.000000720. The Bertz CT molecular complexity index is 155. The van der Waals surface area contributed by atoms with Gasteiger partial charge in [0, 0.05) is 11.8 Å². The number of rotatable bonds is 0. The van der Waals surface area contributed by atoms with E-state index in [1.165, 1.54) is 38.8 Å². The molecule has 0 aromatic carbocycles. The quantitative estimate of drug-likeness (QED) is 0.453. The highest BCUT2D eigenvalue weighted by Gasteiger charge is 2.31. The molecule has 2 bridgehead atoms. The maximum absolute atomic E-state index is 5.71. The lowest BCUT2D eigenvalue weighted by Gasteiger charge is -2.18. The van der Waals surface area contributed by atoms with Gasteiger partial charge < -0.3 is 12.4 Å². The van der Waals surface area contributed by atoms with Crippen LogP contribution in [0.15, 0.2) is 0 Å². The van der Waals surface area contributed by atoms with Gasteiger partial charge in [0.15, 0.2) is 0 Å². The summed E-state index contributed by atoms with van der Waals surface area (Å²) in [5, 5.41) is 0. The molecule has 1 saturated carbocycles. The normalized spacial score (nSPS) is 33.9. The van der Waals surface area contributed by atoms with Gasteiger partial charge in [-0.05, 0) is 37.3 Å². The minimum absolute atomic E-state index is 0. The molecule has 3 heteroatoms. The van der Waals surface area contributed by atoms with Crippen molar-refractivity contribution < 1.29 is 17.0 Å². The number of nitrogens with zero attached hydrogens (tertiary/aromatic N) is 1. The summed E-state index contributed by atoms with van der Waals surface area (Å²) in [6.45, 7) is 2.42. The van der Waals surface area contributed by atoms with Gasteiger partial charge in [-0.1, -0.05) is 0 Å². The van der Waals surface area contributed by atoms with Gasteiger partial charge in [0.25, 0.3) is 0 Å². The van der Waals surface area contributed by atoms with Crippen LogP contribution in [-0.2, 0) is 0 Å². The Labute approximate surface area is 85.2 Å². The molecule has 0 unspecified atom stereocenters. The first kappa shape index (κ1) is 10.3. The van der Waals surface area contributed by atoms with Crippen LogP contribution in [0.3, 0.4) is 0 Å². The Morgan fingerprint density at radius 2 is 1.42 bits per heavy atom. The molecular weight excluding hydrogens is 193 g/mol. The van der Waals surface area contributed by atoms with Crippen LogP contribution in [0.1, 0.15) is 25.7 Å². The average Bonchev–Trinajstić information content (AvgIpc) is 2.35. The summed E-state index contributed by atoms with van der Waals surface area (Å²) in [4.78, 5) is 0. The summed E-state index contributed by atoms with van der Waals surface area (Å²) >= 11 is 5.71. The smallest absolute Gasteiger partial charge is 0.232 e. The molecule has 3 rings (SSSR count). The van der Waals surface area contributed by atoms with Gasteiger partial charge in [-0.3, -0.25) is 0 Å². The Morgan fingerprint density at radius 3 is 1.75 bits per heavy atom. The van der Waals surface area contributed by atoms with E-state index in [4.69, 9.17) is 11.6 Å². The molecule has 0 aromatic heterocycles. The van der Waals surface area contributed by atoms with Gasteiger partial charge >= 0.3 is 0 Å². The van der Waals surface area contributed by atoms with Gasteiger partial charge in [0.05, 0.1) is 0 Å². The van der Waals surface area contributed by atoms with Gasteiger partial charge in [-0.25, -0.2) is 4.58 Å². The van der Waals surface area contributed by atoms with E-state index >= 15 is 0 Å². The second kappa shape index (κ2) is 4.48. The maximum atomic E-state index is 5.71. The van der Waals surface area contributed by atoms with Gasteiger partial charge in [-0.15, -0.1) is 0 Å². The zero-order valence-electron chi connectivity index (χ0n) is 7.18. The van der Waals surface area contributed by atoms with Crippen LogP contribution in [0.4, 0.5) is 0 Å². The van der Waals surface area contributed by atoms with Gasteiger partial charge in [0.2, 0.25) is 5.67 Å². The van der Waals surface area contributed by atoms with E-state index in [2.05, 4.69) is 4.58 Å². The van der Waals surface area contributed by atoms with Crippen LogP contribution in [0.2, 0.25) is 0 Å². The molecule has 0 aromatic rings. The molecule has 3 fully saturated rings. The lowest BCUT2D eigenvalue weighted by atomic mass is 9.84. The zero-order chi connectivity index (χ0) is 7.68. The first-order valence-electron chi connectivity index (χ1n) is 4.56. The predicted molar refractivity (Wildman–Crippen MR) is 47.4 cm³/mol. The zero-order valence-corrected chi connectivity index (χ0v) is 8.69. The Hall–Kier alpha value is 0.250. The number of hydrogen-bond donors (Lipinski definition) is 0. The minimum atomic E-state index is 0. The average molecular weight is 208 g/mol. The molecule has 0 radical (unpaired) electrons. The molecule has 0 N–H and O–H groups in total. The van der Waals surface area contributed by atoms with E-state index in [1.807, 2.05) is 0 Å². The monoisotopic (exact) mass is 207 g/mol. The van der Waals surface area contributed by atoms with E-state index in [1.54, 1.807) is 5.67 Å². The lowest BCUT2D eigenvalue weighted by molar-refractivity contribution is -0.528. The molecule has 12 heavy (non-hydrogen) atoms. The van der Waals surface area contributed by atoms with E-state index in [0.717, 1.165) is 11.8 Å². The standard InChI is InChI=1S/C9H15ClN.ClH/c10-7-11-5-8-1-2-9(6-11)4-3-8;/h7-9H,1-6H2;1H/q+1;/p-1. The topological polar surface area (TPSA) is 3.01 Å². The summed E-state index contributed by atoms with van der Waals surface area (Å²) in [6, 6.07) is 0. The van der Waals surface area contributed by atoms with Crippen molar-refractivity contribution in [2.75, 3.05) is 13.1 Å². The molecular formula is C9H15Cl2N. The van der Waals surface area contributed by atoms with Crippen LogP contribution in [-0.4, -0.2) is 23.3 Å². The van der Waals surface area contributed by atoms with Crippen molar-refractivity contribution >= 4 is 17.3 Å². The highest BCUT2D eigenvalue weighted by atomic mass is 35.5. The molecule has 0 amide bonds. The fourth-order valence-electron chi connectivity index (χ4n) is 2.41. The second-order valence-corrected chi connectivity index (χ2v) is 4.13. The third-order valence-corrected chi connectivity index (χ3v) is 3.37. The summed E-state index contributed by atoms with van der Waals surface area (Å²) < 4.78 is 2.29. The van der Waals surface area contributed by atoms with Crippen molar-refractivity contribution in [2.45, 2.75) is 25.7 Å². The first-order valence-corrected chi connectivity index (χ1v) is 4.99. The fraction of sp³-hybridized carbons (Fsp3) is 0.889. The predicted octanol–water partition coefficient (Wildman–Crippen LogP) is -0.910. The third-order valence-electron chi connectivity index (χ3n) is 3.09. The second-order valence-electron chi connectivity index (χ2n) is 3.94. The highest BCUT2D eigenvalue weighted by molar-refractivity contribution is 6.54. The summed E-state index contributed by atoms with van der Waals surface area (Å²) in [7, 11) is 0. The highest BCUT2D eigenvalue weighted by Crippen LogP contribution is 2.32. The number of fused-ring (bicyclic) bond motifs is 4. The van der Waals surface area contributed by atoms with E-state index in [-0.39, 0.29) is 12.4 Å². The van der Waals surface area contributed by atoms with E-state index in [9.17, 15) is 0 Å². The van der Waals surface area contributed by atoms with E-state index < -0.39 is 0 Å². The SMILES string of the molecule is ClC=[N+]1CC2CCC(CC2)C1.[Cl-]. The Morgan fingerprint density at radius 1 is 1.00 bits per heavy atom.